The van der Waals surface area contributed by atoms with Crippen LogP contribution < -0.4 is 20.1 Å². The Morgan fingerprint density at radius 3 is 2.41 bits per heavy atom. The molecule has 0 unspecified atom stereocenters. The number of carbonyl (C=O) groups is 3. The summed E-state index contributed by atoms with van der Waals surface area (Å²) in [6, 6.07) is 4.82. The summed E-state index contributed by atoms with van der Waals surface area (Å²) < 4.78 is 20.5. The molecule has 9 nitrogen and oxygen atoms in total. The Morgan fingerprint density at radius 1 is 1.11 bits per heavy atom. The lowest BCUT2D eigenvalue weighted by molar-refractivity contribution is -0.141. The number of hydrogen-bond acceptors (Lipinski definition) is 7. The Bertz CT molecular complexity index is 668. The van der Waals surface area contributed by atoms with Crippen molar-refractivity contribution in [2.24, 2.45) is 0 Å². The van der Waals surface area contributed by atoms with Gasteiger partial charge in [0.25, 0.3) is 0 Å². The summed E-state index contributed by atoms with van der Waals surface area (Å²) in [4.78, 5) is 34.3. The van der Waals surface area contributed by atoms with E-state index in [9.17, 15) is 14.4 Å². The van der Waals surface area contributed by atoms with E-state index < -0.39 is 17.6 Å². The predicted molar refractivity (Wildman–Crippen MR) is 98.0 cm³/mol. The number of alkyl carbamates (subject to hydrolysis) is 1. The fraction of sp³-hybridized carbons (Fsp3) is 0.500. The van der Waals surface area contributed by atoms with E-state index in [2.05, 4.69) is 10.6 Å². The normalized spacial score (nSPS) is 10.6. The van der Waals surface area contributed by atoms with Gasteiger partial charge in [0.15, 0.2) is 0 Å². The molecule has 1 aromatic rings. The fourth-order valence-corrected chi connectivity index (χ4v) is 1.87. The number of methoxy groups -OCH3 is 1. The number of amides is 2. The molecule has 2 N–H and O–H groups in total. The van der Waals surface area contributed by atoms with Gasteiger partial charge in [-0.25, -0.2) is 4.79 Å². The molecule has 0 aromatic heterocycles. The first kappa shape index (κ1) is 22.1. The molecule has 0 aliphatic carbocycles. The van der Waals surface area contributed by atoms with Gasteiger partial charge >= 0.3 is 12.1 Å². The van der Waals surface area contributed by atoms with Crippen LogP contribution in [0.1, 0.15) is 27.7 Å². The molecule has 0 radical (unpaired) electrons. The maximum atomic E-state index is 12.0. The highest BCUT2D eigenvalue weighted by atomic mass is 16.6. The van der Waals surface area contributed by atoms with E-state index in [0.29, 0.717) is 17.2 Å². The second-order valence-electron chi connectivity index (χ2n) is 6.45. The smallest absolute Gasteiger partial charge is 0.408 e. The molecular formula is C18H26N2O7. The van der Waals surface area contributed by atoms with Crippen LogP contribution in [0.3, 0.4) is 0 Å². The molecule has 0 bridgehead atoms. The van der Waals surface area contributed by atoms with Crippen LogP contribution in [0, 0.1) is 0 Å². The van der Waals surface area contributed by atoms with Gasteiger partial charge in [0.2, 0.25) is 5.91 Å². The van der Waals surface area contributed by atoms with Crippen LogP contribution in [0.2, 0.25) is 0 Å². The second kappa shape index (κ2) is 10.2. The van der Waals surface area contributed by atoms with Crippen molar-refractivity contribution < 1.29 is 33.3 Å². The van der Waals surface area contributed by atoms with E-state index in [1.54, 1.807) is 39.0 Å². The van der Waals surface area contributed by atoms with Gasteiger partial charge in [-0.2, -0.15) is 0 Å². The number of hydrogen-bond donors (Lipinski definition) is 2. The molecule has 2 amide bonds. The molecule has 0 saturated carbocycles. The van der Waals surface area contributed by atoms with Gasteiger partial charge in [0, 0.05) is 13.0 Å². The Kier molecular flexibility index (Phi) is 8.37. The highest BCUT2D eigenvalue weighted by Crippen LogP contribution is 2.29. The standard InChI is InChI=1S/C18H26N2O7/c1-12(21)25-8-9-26-13-6-7-14(15(10-13)24-5)20-16(22)11-19-17(23)27-18(2,3)4/h6-7,10H,8-9,11H2,1-5H3,(H,19,23)(H,20,22). The number of rotatable bonds is 8. The minimum atomic E-state index is -0.679. The summed E-state index contributed by atoms with van der Waals surface area (Å²) in [6.07, 6.45) is -0.679. The van der Waals surface area contributed by atoms with Crippen LogP contribution in [0.25, 0.3) is 0 Å². The van der Waals surface area contributed by atoms with Crippen molar-refractivity contribution in [2.75, 3.05) is 32.2 Å². The van der Waals surface area contributed by atoms with E-state index in [1.165, 1.54) is 14.0 Å². The van der Waals surface area contributed by atoms with Gasteiger partial charge in [0.05, 0.1) is 12.8 Å². The van der Waals surface area contributed by atoms with E-state index in [-0.39, 0.29) is 25.7 Å². The Labute approximate surface area is 158 Å². The van der Waals surface area contributed by atoms with Crippen LogP contribution in [-0.2, 0) is 19.1 Å². The quantitative estimate of drug-likeness (QED) is 0.523. The number of carbonyl (C=O) groups excluding carboxylic acids is 3. The first-order valence-electron chi connectivity index (χ1n) is 8.31. The average molecular weight is 382 g/mol. The first-order valence-corrected chi connectivity index (χ1v) is 8.31. The van der Waals surface area contributed by atoms with E-state index >= 15 is 0 Å². The molecule has 150 valence electrons. The zero-order valence-corrected chi connectivity index (χ0v) is 16.2. The first-order chi connectivity index (χ1) is 12.6. The summed E-state index contributed by atoms with van der Waals surface area (Å²) in [5.41, 5.74) is -0.226. The van der Waals surface area contributed by atoms with Crippen LogP contribution in [0.15, 0.2) is 18.2 Å². The van der Waals surface area contributed by atoms with E-state index in [0.717, 1.165) is 0 Å². The zero-order chi connectivity index (χ0) is 20.4. The second-order valence-corrected chi connectivity index (χ2v) is 6.45. The van der Waals surface area contributed by atoms with E-state index in [4.69, 9.17) is 18.9 Å². The maximum Gasteiger partial charge on any atom is 0.408 e. The third-order valence-electron chi connectivity index (χ3n) is 2.90. The summed E-state index contributed by atoms with van der Waals surface area (Å²) in [5, 5.41) is 5.00. The maximum absolute atomic E-state index is 12.0. The van der Waals surface area contributed by atoms with Crippen molar-refractivity contribution in [1.82, 2.24) is 5.32 Å². The molecule has 9 heteroatoms. The van der Waals surface area contributed by atoms with Crippen molar-refractivity contribution in [3.05, 3.63) is 18.2 Å². The third-order valence-corrected chi connectivity index (χ3v) is 2.90. The molecule has 1 aromatic carbocycles. The number of nitrogens with one attached hydrogen (secondary N) is 2. The monoisotopic (exact) mass is 382 g/mol. The van der Waals surface area contributed by atoms with Crippen molar-refractivity contribution in [3.8, 4) is 11.5 Å². The van der Waals surface area contributed by atoms with Crippen molar-refractivity contribution in [2.45, 2.75) is 33.3 Å². The molecule has 27 heavy (non-hydrogen) atoms. The third kappa shape index (κ3) is 9.34. The van der Waals surface area contributed by atoms with Crippen molar-refractivity contribution >= 4 is 23.7 Å². The highest BCUT2D eigenvalue weighted by Gasteiger charge is 2.17. The predicted octanol–water partition coefficient (Wildman–Crippen LogP) is 2.10. The SMILES string of the molecule is COc1cc(OCCOC(C)=O)ccc1NC(=O)CNC(=O)OC(C)(C)C. The summed E-state index contributed by atoms with van der Waals surface area (Å²) in [7, 11) is 1.45. The van der Waals surface area contributed by atoms with Gasteiger partial charge in [-0.1, -0.05) is 0 Å². The molecular weight excluding hydrogens is 356 g/mol. The lowest BCUT2D eigenvalue weighted by Crippen LogP contribution is -2.37. The lowest BCUT2D eigenvalue weighted by atomic mass is 10.2. The number of ether oxygens (including phenoxy) is 4. The van der Waals surface area contributed by atoms with Crippen LogP contribution in [-0.4, -0.2) is 50.4 Å². The number of esters is 1. The molecule has 0 spiro atoms. The highest BCUT2D eigenvalue weighted by molar-refractivity contribution is 5.95. The van der Waals surface area contributed by atoms with Gasteiger partial charge in [-0.3, -0.25) is 9.59 Å². The summed E-state index contributed by atoms with van der Waals surface area (Å²) >= 11 is 0. The Morgan fingerprint density at radius 2 is 1.81 bits per heavy atom. The molecule has 0 aliphatic rings. The van der Waals surface area contributed by atoms with Gasteiger partial charge in [0.1, 0.15) is 36.9 Å². The minimum absolute atomic E-state index is 0.131. The largest absolute Gasteiger partial charge is 0.494 e. The summed E-state index contributed by atoms with van der Waals surface area (Å²) in [5.74, 6) is 0.0476. The molecule has 0 saturated heterocycles. The molecule has 1 rings (SSSR count). The molecule has 0 fully saturated rings. The van der Waals surface area contributed by atoms with Crippen LogP contribution in [0.5, 0.6) is 11.5 Å². The fourth-order valence-electron chi connectivity index (χ4n) is 1.87. The lowest BCUT2D eigenvalue weighted by Gasteiger charge is -2.19. The van der Waals surface area contributed by atoms with Gasteiger partial charge in [-0.05, 0) is 32.9 Å². The van der Waals surface area contributed by atoms with Gasteiger partial charge in [-0.15, -0.1) is 0 Å². The molecule has 0 atom stereocenters. The Hall–Kier alpha value is -2.97. The molecule has 0 aliphatic heterocycles. The molecule has 0 heterocycles. The van der Waals surface area contributed by atoms with Gasteiger partial charge < -0.3 is 29.6 Å². The minimum Gasteiger partial charge on any atom is -0.494 e. The number of anilines is 1. The van der Waals surface area contributed by atoms with Crippen LogP contribution >= 0.6 is 0 Å². The zero-order valence-electron chi connectivity index (χ0n) is 16.2. The van der Waals surface area contributed by atoms with Crippen LogP contribution in [0.4, 0.5) is 10.5 Å². The van der Waals surface area contributed by atoms with Crippen molar-refractivity contribution in [3.63, 3.8) is 0 Å². The average Bonchev–Trinajstić information content (AvgIpc) is 2.56. The Balaban J connectivity index is 2.55. The van der Waals surface area contributed by atoms with E-state index in [1.807, 2.05) is 0 Å². The number of benzene rings is 1. The summed E-state index contributed by atoms with van der Waals surface area (Å²) in [6.45, 7) is 6.58. The van der Waals surface area contributed by atoms with Crippen molar-refractivity contribution in [1.29, 1.82) is 0 Å². The topological polar surface area (TPSA) is 112 Å².